The van der Waals surface area contributed by atoms with Crippen LogP contribution in [0.1, 0.15) is 64.4 Å². The van der Waals surface area contributed by atoms with E-state index in [-0.39, 0.29) is 30.9 Å². The molecule has 0 aromatic heterocycles. The Morgan fingerprint density at radius 3 is 2.50 bits per heavy atom. The van der Waals surface area contributed by atoms with Crippen LogP contribution in [-0.2, 0) is 19.1 Å². The van der Waals surface area contributed by atoms with Crippen molar-refractivity contribution >= 4 is 35.0 Å². The average Bonchev–Trinajstić information content (AvgIpc) is 3.52. The highest BCUT2D eigenvalue weighted by Crippen LogP contribution is 2.63. The van der Waals surface area contributed by atoms with Gasteiger partial charge in [0.15, 0.2) is 0 Å². The number of nitrogens with zero attached hydrogens (tertiary/aromatic N) is 3. The Bertz CT molecular complexity index is 1190. The zero-order chi connectivity index (χ0) is 30.7. The number of aliphatic hydroxyl groups excluding tert-OH is 1. The zero-order valence-corrected chi connectivity index (χ0v) is 26.1. The van der Waals surface area contributed by atoms with E-state index in [1.165, 1.54) is 0 Å². The lowest BCUT2D eigenvalue weighted by molar-refractivity contribution is -0.149. The number of anilines is 1. The second kappa shape index (κ2) is 13.3. The number of hydrogen-bond acceptors (Lipinski definition) is 5. The highest BCUT2D eigenvalue weighted by molar-refractivity contribution is 6.34. The van der Waals surface area contributed by atoms with Gasteiger partial charge in [-0.3, -0.25) is 14.4 Å². The molecule has 1 aromatic rings. The van der Waals surface area contributed by atoms with Crippen molar-refractivity contribution in [1.82, 2.24) is 9.80 Å². The third kappa shape index (κ3) is 5.53. The van der Waals surface area contributed by atoms with Crippen LogP contribution >= 0.6 is 11.6 Å². The summed E-state index contributed by atoms with van der Waals surface area (Å²) in [5.74, 6) is -2.01. The standard InChI is InChI=1S/C33H46ClN3O5/c1-6-18-35(19-7-2)29(39)25-26-30(40)37(21-11-9-10-12-22-38)28(33(26)17-16-32(25,5)42-33)31(41)36(20-8-3)27-23(4)14-13-15-24(27)34/h6,8,13-15,25-26,28,38H,1,3,7,9-12,16-22H2,2,4-5H3/t25-,26+,28?,32+,33?/m1/s1. The maximum Gasteiger partial charge on any atom is 0.253 e. The van der Waals surface area contributed by atoms with Crippen LogP contribution in [0.2, 0.25) is 5.02 Å². The van der Waals surface area contributed by atoms with Crippen molar-refractivity contribution in [3.05, 3.63) is 54.1 Å². The molecule has 42 heavy (non-hydrogen) atoms. The summed E-state index contributed by atoms with van der Waals surface area (Å²) in [4.78, 5) is 48.4. The van der Waals surface area contributed by atoms with Crippen LogP contribution in [-0.4, -0.2) is 82.7 Å². The molecule has 3 heterocycles. The molecule has 2 unspecified atom stereocenters. The van der Waals surface area contributed by atoms with Gasteiger partial charge in [0.05, 0.1) is 28.1 Å². The molecule has 9 heteroatoms. The van der Waals surface area contributed by atoms with Crippen LogP contribution in [0.15, 0.2) is 43.5 Å². The fraction of sp³-hybridized carbons (Fsp3) is 0.606. The SMILES string of the molecule is C=CCN(CCC)C(=O)[C@H]1[C@H]2C(=O)N(CCCCCCO)C(C(=O)N(CC=C)c3c(C)cccc3Cl)C23CC[C@]1(C)O3. The Morgan fingerprint density at radius 2 is 1.86 bits per heavy atom. The van der Waals surface area contributed by atoms with Gasteiger partial charge in [-0.1, -0.05) is 55.7 Å². The van der Waals surface area contributed by atoms with Gasteiger partial charge in [0.25, 0.3) is 5.91 Å². The second-order valence-electron chi connectivity index (χ2n) is 12.1. The van der Waals surface area contributed by atoms with Crippen LogP contribution in [0, 0.1) is 18.8 Å². The molecule has 0 saturated carbocycles. The molecule has 4 rings (SSSR count). The summed E-state index contributed by atoms with van der Waals surface area (Å²) in [5, 5.41) is 9.65. The summed E-state index contributed by atoms with van der Waals surface area (Å²) in [6.07, 6.45) is 8.26. The number of hydrogen-bond donors (Lipinski definition) is 1. The summed E-state index contributed by atoms with van der Waals surface area (Å²) >= 11 is 6.66. The molecule has 5 atom stereocenters. The van der Waals surface area contributed by atoms with Crippen molar-refractivity contribution in [2.75, 3.05) is 37.7 Å². The zero-order valence-electron chi connectivity index (χ0n) is 25.3. The number of carbonyl (C=O) groups excluding carboxylic acids is 3. The molecule has 0 aliphatic carbocycles. The number of ether oxygens (including phenoxy) is 1. The quantitative estimate of drug-likeness (QED) is 0.229. The molecule has 3 fully saturated rings. The maximum absolute atomic E-state index is 14.8. The number of rotatable bonds is 15. The number of halogens is 1. The molecule has 3 saturated heterocycles. The van der Waals surface area contributed by atoms with Crippen LogP contribution < -0.4 is 4.90 Å². The molecule has 3 amide bonds. The molecule has 1 aromatic carbocycles. The van der Waals surface area contributed by atoms with Crippen molar-refractivity contribution in [2.45, 2.75) is 83.0 Å². The van der Waals surface area contributed by atoms with Crippen LogP contribution in [0.3, 0.4) is 0 Å². The lowest BCUT2D eigenvalue weighted by Crippen LogP contribution is -2.56. The summed E-state index contributed by atoms with van der Waals surface area (Å²) in [6.45, 7) is 15.2. The average molecular weight is 600 g/mol. The third-order valence-electron chi connectivity index (χ3n) is 9.27. The Labute approximate surface area is 255 Å². The van der Waals surface area contributed by atoms with E-state index in [1.807, 2.05) is 32.9 Å². The fourth-order valence-electron chi connectivity index (χ4n) is 7.52. The third-order valence-corrected chi connectivity index (χ3v) is 9.58. The van der Waals surface area contributed by atoms with Crippen molar-refractivity contribution in [1.29, 1.82) is 0 Å². The smallest absolute Gasteiger partial charge is 0.253 e. The molecule has 1 spiro atoms. The number of amides is 3. The van der Waals surface area contributed by atoms with Gasteiger partial charge in [-0.25, -0.2) is 0 Å². The van der Waals surface area contributed by atoms with E-state index in [9.17, 15) is 19.5 Å². The number of carbonyl (C=O) groups is 3. The highest BCUT2D eigenvalue weighted by atomic mass is 35.5. The monoisotopic (exact) mass is 599 g/mol. The molecular weight excluding hydrogens is 554 g/mol. The normalized spacial score (nSPS) is 27.7. The van der Waals surface area contributed by atoms with E-state index in [0.29, 0.717) is 56.0 Å². The van der Waals surface area contributed by atoms with Crippen molar-refractivity contribution < 1.29 is 24.2 Å². The van der Waals surface area contributed by atoms with Gasteiger partial charge in [-0.2, -0.15) is 0 Å². The number of aryl methyl sites for hydroxylation is 1. The molecule has 1 N–H and O–H groups in total. The molecule has 3 aliphatic heterocycles. The first-order chi connectivity index (χ1) is 20.1. The lowest BCUT2D eigenvalue weighted by Gasteiger charge is -2.37. The number of unbranched alkanes of at least 4 members (excludes halogenated alkanes) is 3. The minimum atomic E-state index is -1.12. The van der Waals surface area contributed by atoms with Crippen LogP contribution in [0.5, 0.6) is 0 Å². The van der Waals surface area contributed by atoms with Gasteiger partial charge in [0, 0.05) is 32.8 Å². The van der Waals surface area contributed by atoms with Gasteiger partial charge < -0.3 is 24.5 Å². The van der Waals surface area contributed by atoms with Crippen LogP contribution in [0.4, 0.5) is 5.69 Å². The first kappa shape index (κ1) is 32.2. The Kier molecular flexibility index (Phi) is 10.2. The lowest BCUT2D eigenvalue weighted by atomic mass is 9.66. The highest BCUT2D eigenvalue weighted by Gasteiger charge is 2.78. The molecule has 2 bridgehead atoms. The van der Waals surface area contributed by atoms with E-state index in [4.69, 9.17) is 16.3 Å². The minimum Gasteiger partial charge on any atom is -0.396 e. The van der Waals surface area contributed by atoms with Crippen molar-refractivity contribution in [2.24, 2.45) is 11.8 Å². The van der Waals surface area contributed by atoms with Gasteiger partial charge in [0.2, 0.25) is 11.8 Å². The Balaban J connectivity index is 1.78. The summed E-state index contributed by atoms with van der Waals surface area (Å²) in [6, 6.07) is 4.60. The molecule has 3 aliphatic rings. The van der Waals surface area contributed by atoms with Crippen LogP contribution in [0.25, 0.3) is 0 Å². The first-order valence-electron chi connectivity index (χ1n) is 15.3. The minimum absolute atomic E-state index is 0.111. The molecule has 8 nitrogen and oxygen atoms in total. The number of aliphatic hydroxyl groups is 1. The summed E-state index contributed by atoms with van der Waals surface area (Å²) in [7, 11) is 0. The van der Waals surface area contributed by atoms with E-state index in [1.54, 1.807) is 32.9 Å². The van der Waals surface area contributed by atoms with Gasteiger partial charge >= 0.3 is 0 Å². The Hall–Kier alpha value is -2.68. The van der Waals surface area contributed by atoms with Crippen molar-refractivity contribution in [3.8, 4) is 0 Å². The largest absolute Gasteiger partial charge is 0.396 e. The molecule has 0 radical (unpaired) electrons. The van der Waals surface area contributed by atoms with E-state index < -0.39 is 29.1 Å². The predicted molar refractivity (Wildman–Crippen MR) is 165 cm³/mol. The predicted octanol–water partition coefficient (Wildman–Crippen LogP) is 4.91. The summed E-state index contributed by atoms with van der Waals surface area (Å²) < 4.78 is 6.84. The fourth-order valence-corrected chi connectivity index (χ4v) is 7.84. The topological polar surface area (TPSA) is 90.4 Å². The summed E-state index contributed by atoms with van der Waals surface area (Å²) in [5.41, 5.74) is -0.539. The Morgan fingerprint density at radius 1 is 1.14 bits per heavy atom. The number of fused-ring (bicyclic) bond motifs is 1. The first-order valence-corrected chi connectivity index (χ1v) is 15.7. The number of likely N-dealkylation sites (tertiary alicyclic amines) is 1. The maximum atomic E-state index is 14.8. The molecule has 230 valence electrons. The second-order valence-corrected chi connectivity index (χ2v) is 12.5. The molecular formula is C33H46ClN3O5. The van der Waals surface area contributed by atoms with Gasteiger partial charge in [-0.05, 0) is 57.6 Å². The van der Waals surface area contributed by atoms with E-state index >= 15 is 0 Å². The number of benzene rings is 1. The van der Waals surface area contributed by atoms with Gasteiger partial charge in [-0.15, -0.1) is 13.2 Å². The van der Waals surface area contributed by atoms with E-state index in [0.717, 1.165) is 24.8 Å². The number of para-hydroxylation sites is 1. The van der Waals surface area contributed by atoms with Gasteiger partial charge in [0.1, 0.15) is 11.6 Å². The van der Waals surface area contributed by atoms with Crippen molar-refractivity contribution in [3.63, 3.8) is 0 Å². The van der Waals surface area contributed by atoms with E-state index in [2.05, 4.69) is 13.2 Å².